The summed E-state index contributed by atoms with van der Waals surface area (Å²) in [6, 6.07) is 15.6. The molecular weight excluding hydrogens is 448 g/mol. The molecule has 4 aromatic rings. The Morgan fingerprint density at radius 1 is 1.06 bits per heavy atom. The largest absolute Gasteiger partial charge is 0.497 e. The third kappa shape index (κ3) is 4.07. The van der Waals surface area contributed by atoms with Crippen LogP contribution < -0.4 is 14.5 Å². The van der Waals surface area contributed by atoms with E-state index >= 15 is 0 Å². The van der Waals surface area contributed by atoms with E-state index < -0.39 is 0 Å². The summed E-state index contributed by atoms with van der Waals surface area (Å²) in [4.78, 5) is 24.2. The Morgan fingerprint density at radius 2 is 1.79 bits per heavy atom. The summed E-state index contributed by atoms with van der Waals surface area (Å²) in [5.74, 6) is 0.891. The van der Waals surface area contributed by atoms with Crippen LogP contribution in [0.25, 0.3) is 16.0 Å². The molecule has 0 aliphatic carbocycles. The van der Waals surface area contributed by atoms with E-state index in [1.807, 2.05) is 84.0 Å². The molecule has 0 radical (unpaired) electrons. The number of hydrogen-bond acceptors (Lipinski definition) is 7. The van der Waals surface area contributed by atoms with E-state index in [4.69, 9.17) is 14.8 Å². The van der Waals surface area contributed by atoms with Gasteiger partial charge in [-0.2, -0.15) is 10.1 Å². The molecule has 0 N–H and O–H groups in total. The fraction of sp³-hybridized carbons (Fsp3) is 0.320. The van der Waals surface area contributed by atoms with Gasteiger partial charge in [-0.1, -0.05) is 17.4 Å². The maximum atomic E-state index is 13.1. The second-order valence-corrected chi connectivity index (χ2v) is 9.55. The highest BCUT2D eigenvalue weighted by Gasteiger charge is 2.25. The molecule has 0 spiro atoms. The normalized spacial score (nSPS) is 14.0. The molecule has 0 unspecified atom stereocenters. The summed E-state index contributed by atoms with van der Waals surface area (Å²) in [6.07, 6.45) is 0. The van der Waals surface area contributed by atoms with Gasteiger partial charge >= 0.3 is 0 Å². The highest BCUT2D eigenvalue weighted by molar-refractivity contribution is 7.22. The van der Waals surface area contributed by atoms with Gasteiger partial charge in [0.15, 0.2) is 10.8 Å². The summed E-state index contributed by atoms with van der Waals surface area (Å²) >= 11 is 1.66. The SMILES string of the molecule is COc1ccc(-n2nc(C)c3sc(N4CCN(C(=O)c5cccc(N(C)C)c5)CC4)nc32)cc1. The number of methoxy groups -OCH3 is 1. The fourth-order valence-corrected chi connectivity index (χ4v) is 5.20. The van der Waals surface area contributed by atoms with Crippen LogP contribution in [0.2, 0.25) is 0 Å². The summed E-state index contributed by atoms with van der Waals surface area (Å²) in [5, 5.41) is 5.67. The van der Waals surface area contributed by atoms with Gasteiger partial charge in [0.25, 0.3) is 5.91 Å². The van der Waals surface area contributed by atoms with E-state index in [1.54, 1.807) is 18.4 Å². The minimum Gasteiger partial charge on any atom is -0.497 e. The van der Waals surface area contributed by atoms with E-state index in [0.717, 1.165) is 56.9 Å². The number of hydrogen-bond donors (Lipinski definition) is 0. The minimum atomic E-state index is 0.0821. The maximum Gasteiger partial charge on any atom is 0.254 e. The Morgan fingerprint density at radius 3 is 2.47 bits per heavy atom. The highest BCUT2D eigenvalue weighted by Crippen LogP contribution is 2.33. The average molecular weight is 477 g/mol. The zero-order chi connectivity index (χ0) is 23.8. The second-order valence-electron chi connectivity index (χ2n) is 8.57. The molecule has 0 saturated carbocycles. The van der Waals surface area contributed by atoms with Crippen LogP contribution in [0, 0.1) is 6.92 Å². The molecule has 8 nitrogen and oxygen atoms in total. The van der Waals surface area contributed by atoms with Crippen molar-refractivity contribution >= 4 is 38.4 Å². The summed E-state index contributed by atoms with van der Waals surface area (Å²) < 4.78 is 8.25. The number of ether oxygens (including phenoxy) is 1. The molecule has 0 atom stereocenters. The third-order valence-corrected chi connectivity index (χ3v) is 7.36. The Balaban J connectivity index is 1.32. The molecule has 2 aromatic carbocycles. The van der Waals surface area contributed by atoms with Crippen LogP contribution in [-0.2, 0) is 0 Å². The molecule has 1 aliphatic rings. The molecule has 1 amide bonds. The molecule has 34 heavy (non-hydrogen) atoms. The molecule has 2 aromatic heterocycles. The van der Waals surface area contributed by atoms with Gasteiger partial charge in [0.1, 0.15) is 5.75 Å². The number of aryl methyl sites for hydroxylation is 1. The first-order valence-corrected chi connectivity index (χ1v) is 12.1. The molecule has 9 heteroatoms. The lowest BCUT2D eigenvalue weighted by Crippen LogP contribution is -2.48. The Labute approximate surface area is 203 Å². The molecule has 176 valence electrons. The van der Waals surface area contributed by atoms with Crippen molar-refractivity contribution in [2.45, 2.75) is 6.92 Å². The Hall–Kier alpha value is -3.59. The van der Waals surface area contributed by atoms with Crippen molar-refractivity contribution in [1.82, 2.24) is 19.7 Å². The fourth-order valence-electron chi connectivity index (χ4n) is 4.16. The van der Waals surface area contributed by atoms with E-state index in [2.05, 4.69) is 4.90 Å². The molecular formula is C25H28N6O2S. The van der Waals surface area contributed by atoms with Gasteiger partial charge in [-0.05, 0) is 49.4 Å². The van der Waals surface area contributed by atoms with Crippen molar-refractivity contribution in [2.75, 3.05) is 57.2 Å². The zero-order valence-electron chi connectivity index (χ0n) is 19.9. The number of benzene rings is 2. The molecule has 3 heterocycles. The maximum absolute atomic E-state index is 13.1. The van der Waals surface area contributed by atoms with Crippen LogP contribution in [0.15, 0.2) is 48.5 Å². The predicted octanol–water partition coefficient (Wildman–Crippen LogP) is 3.83. The van der Waals surface area contributed by atoms with Gasteiger partial charge in [-0.15, -0.1) is 0 Å². The van der Waals surface area contributed by atoms with Crippen LogP contribution in [0.1, 0.15) is 16.1 Å². The van der Waals surface area contributed by atoms with E-state index in [1.165, 1.54) is 0 Å². The molecule has 1 aliphatic heterocycles. The lowest BCUT2D eigenvalue weighted by molar-refractivity contribution is 0.0747. The molecule has 1 fully saturated rings. The molecule has 1 saturated heterocycles. The van der Waals surface area contributed by atoms with Gasteiger partial charge in [-0.3, -0.25) is 4.79 Å². The number of carbonyl (C=O) groups is 1. The van der Waals surface area contributed by atoms with Gasteiger partial charge in [-0.25, -0.2) is 4.68 Å². The van der Waals surface area contributed by atoms with Gasteiger partial charge in [0.2, 0.25) is 0 Å². The van der Waals surface area contributed by atoms with Crippen LogP contribution >= 0.6 is 11.3 Å². The first kappa shape index (κ1) is 22.2. The van der Waals surface area contributed by atoms with Crippen LogP contribution in [0.4, 0.5) is 10.8 Å². The average Bonchev–Trinajstić information content (AvgIpc) is 3.44. The number of carbonyl (C=O) groups excluding carboxylic acids is 1. The first-order chi connectivity index (χ1) is 16.4. The highest BCUT2D eigenvalue weighted by atomic mass is 32.1. The topological polar surface area (TPSA) is 66.7 Å². The number of thiazole rings is 1. The number of amides is 1. The Bertz CT molecular complexity index is 1320. The standard InChI is InChI=1S/C25H28N6O2S/c1-17-22-23(31(27-17)19-8-10-21(33-4)11-9-19)26-25(34-22)30-14-12-29(13-15-30)24(32)18-6-5-7-20(16-18)28(2)3/h5-11,16H,12-15H2,1-4H3. The van der Waals surface area contributed by atoms with Crippen molar-refractivity contribution in [3.63, 3.8) is 0 Å². The number of anilines is 2. The van der Waals surface area contributed by atoms with Crippen molar-refractivity contribution in [3.8, 4) is 11.4 Å². The Kier molecular flexibility index (Phi) is 5.87. The smallest absolute Gasteiger partial charge is 0.254 e. The first-order valence-electron chi connectivity index (χ1n) is 11.3. The van der Waals surface area contributed by atoms with Gasteiger partial charge in [0.05, 0.1) is 23.2 Å². The quantitative estimate of drug-likeness (QED) is 0.436. The number of nitrogens with zero attached hydrogens (tertiary/aromatic N) is 6. The third-order valence-electron chi connectivity index (χ3n) is 6.14. The van der Waals surface area contributed by atoms with E-state index in [0.29, 0.717) is 13.1 Å². The van der Waals surface area contributed by atoms with Crippen molar-refractivity contribution in [1.29, 1.82) is 0 Å². The van der Waals surface area contributed by atoms with Crippen molar-refractivity contribution in [3.05, 3.63) is 59.8 Å². The lowest BCUT2D eigenvalue weighted by Gasteiger charge is -2.34. The second kappa shape index (κ2) is 8.98. The van der Waals surface area contributed by atoms with Crippen LogP contribution in [0.3, 0.4) is 0 Å². The summed E-state index contributed by atoms with van der Waals surface area (Å²) in [7, 11) is 5.62. The van der Waals surface area contributed by atoms with Gasteiger partial charge in [0, 0.05) is 51.5 Å². The van der Waals surface area contributed by atoms with E-state index in [9.17, 15) is 4.79 Å². The van der Waals surface area contributed by atoms with Crippen LogP contribution in [0.5, 0.6) is 5.75 Å². The number of fused-ring (bicyclic) bond motifs is 1. The van der Waals surface area contributed by atoms with Crippen molar-refractivity contribution in [2.24, 2.45) is 0 Å². The van der Waals surface area contributed by atoms with Gasteiger partial charge < -0.3 is 19.4 Å². The summed E-state index contributed by atoms with van der Waals surface area (Å²) in [6.45, 7) is 4.87. The zero-order valence-corrected chi connectivity index (χ0v) is 20.7. The summed E-state index contributed by atoms with van der Waals surface area (Å²) in [5.41, 5.74) is 4.53. The van der Waals surface area contributed by atoms with Crippen LogP contribution in [-0.4, -0.2) is 73.0 Å². The number of aromatic nitrogens is 3. The number of piperazine rings is 1. The number of rotatable bonds is 5. The molecule has 0 bridgehead atoms. The van der Waals surface area contributed by atoms with Crippen molar-refractivity contribution < 1.29 is 9.53 Å². The molecule has 5 rings (SSSR count). The monoisotopic (exact) mass is 476 g/mol. The predicted molar refractivity (Wildman–Crippen MR) is 137 cm³/mol. The minimum absolute atomic E-state index is 0.0821. The lowest BCUT2D eigenvalue weighted by atomic mass is 10.1. The van der Waals surface area contributed by atoms with E-state index in [-0.39, 0.29) is 5.91 Å².